The summed E-state index contributed by atoms with van der Waals surface area (Å²) in [5, 5.41) is 2.63. The van der Waals surface area contributed by atoms with E-state index >= 15 is 0 Å². The van der Waals surface area contributed by atoms with Crippen LogP contribution in [0.5, 0.6) is 0 Å². The fraction of sp³-hybridized carbons (Fsp3) is 0.619. The van der Waals surface area contributed by atoms with Crippen LogP contribution in [0, 0.1) is 5.41 Å². The Bertz CT molecular complexity index is 856. The lowest BCUT2D eigenvalue weighted by Gasteiger charge is -2.41. The smallest absolute Gasteiger partial charge is 0.469 e. The molecular formula is C21H30NO8PS2. The molecule has 0 saturated carbocycles. The molecule has 33 heavy (non-hydrogen) atoms. The number of benzene rings is 1. The Morgan fingerprint density at radius 3 is 2.58 bits per heavy atom. The van der Waals surface area contributed by atoms with Crippen molar-refractivity contribution in [3.8, 4) is 0 Å². The number of carbonyl (C=O) groups excluding carboxylic acids is 2. The Hall–Kier alpha value is -1.07. The van der Waals surface area contributed by atoms with E-state index in [0.29, 0.717) is 18.1 Å². The molecule has 0 aromatic heterocycles. The monoisotopic (exact) mass is 519 g/mol. The van der Waals surface area contributed by atoms with Crippen LogP contribution in [0.2, 0.25) is 0 Å². The predicted molar refractivity (Wildman–Crippen MR) is 127 cm³/mol. The fourth-order valence-electron chi connectivity index (χ4n) is 3.21. The summed E-state index contributed by atoms with van der Waals surface area (Å²) in [6.45, 7) is 4.06. The molecule has 1 amide bonds. The minimum Gasteiger partial charge on any atom is -0.469 e. The standard InChI is InChI=1S/C21H30NO8PS2/c1-21(2)14-28-31(25,30-19(21)20(24)22-10-9-18(23)26-3)29-17-13-33-32-12-16(17)27-11-15-7-5-4-6-8-15/h4-8,16-17,19H,9-14H2,1-3H3,(H,22,24)/t16-,17-,19+,31-/m1/s1. The number of nitrogens with one attached hydrogen (secondary N) is 1. The molecule has 2 heterocycles. The second kappa shape index (κ2) is 12.1. The first-order valence-electron chi connectivity index (χ1n) is 10.6. The molecule has 0 unspecified atom stereocenters. The van der Waals surface area contributed by atoms with Gasteiger partial charge in [0.15, 0.2) is 6.10 Å². The highest BCUT2D eigenvalue weighted by Crippen LogP contribution is 2.59. The van der Waals surface area contributed by atoms with E-state index in [1.54, 1.807) is 35.4 Å². The molecule has 0 spiro atoms. The van der Waals surface area contributed by atoms with Crippen molar-refractivity contribution in [2.75, 3.05) is 31.8 Å². The van der Waals surface area contributed by atoms with Gasteiger partial charge in [-0.05, 0) is 5.56 Å². The molecule has 2 aliphatic rings. The first-order valence-corrected chi connectivity index (χ1v) is 14.5. The van der Waals surface area contributed by atoms with Gasteiger partial charge in [0.2, 0.25) is 5.91 Å². The number of ether oxygens (including phenoxy) is 2. The lowest BCUT2D eigenvalue weighted by atomic mass is 9.87. The van der Waals surface area contributed by atoms with E-state index < -0.39 is 37.3 Å². The molecule has 1 aromatic rings. The summed E-state index contributed by atoms with van der Waals surface area (Å²) >= 11 is 0. The molecule has 0 radical (unpaired) electrons. The number of carbonyl (C=O) groups is 2. The van der Waals surface area contributed by atoms with Crippen molar-refractivity contribution < 1.29 is 37.2 Å². The van der Waals surface area contributed by atoms with Crippen LogP contribution in [0.1, 0.15) is 25.8 Å². The predicted octanol–water partition coefficient (Wildman–Crippen LogP) is 3.58. The second-order valence-corrected chi connectivity index (χ2v) is 12.5. The highest BCUT2D eigenvalue weighted by Gasteiger charge is 2.50. The van der Waals surface area contributed by atoms with E-state index in [0.717, 1.165) is 5.56 Å². The normalized spacial score (nSPS) is 29.2. The first-order chi connectivity index (χ1) is 15.7. The Morgan fingerprint density at radius 1 is 1.18 bits per heavy atom. The van der Waals surface area contributed by atoms with Crippen LogP contribution in [-0.2, 0) is 43.8 Å². The molecule has 2 fully saturated rings. The zero-order valence-electron chi connectivity index (χ0n) is 18.9. The van der Waals surface area contributed by atoms with E-state index in [1.165, 1.54) is 7.11 Å². The van der Waals surface area contributed by atoms with Gasteiger partial charge in [0.1, 0.15) is 6.10 Å². The van der Waals surface area contributed by atoms with Gasteiger partial charge < -0.3 is 14.8 Å². The molecule has 3 rings (SSSR count). The summed E-state index contributed by atoms with van der Waals surface area (Å²) < 4.78 is 41.0. The second-order valence-electron chi connectivity index (χ2n) is 8.36. The topological polar surface area (TPSA) is 109 Å². The third-order valence-corrected chi connectivity index (χ3v) is 9.02. The zero-order chi connectivity index (χ0) is 23.9. The van der Waals surface area contributed by atoms with E-state index in [9.17, 15) is 14.2 Å². The van der Waals surface area contributed by atoms with Crippen molar-refractivity contribution in [1.82, 2.24) is 5.32 Å². The number of phosphoric ester groups is 1. The summed E-state index contributed by atoms with van der Waals surface area (Å²) in [4.78, 5) is 24.0. The van der Waals surface area contributed by atoms with E-state index in [2.05, 4.69) is 10.1 Å². The lowest BCUT2D eigenvalue weighted by molar-refractivity contribution is -0.144. The maximum absolute atomic E-state index is 13.4. The quantitative estimate of drug-likeness (QED) is 0.295. The van der Waals surface area contributed by atoms with Gasteiger partial charge in [-0.25, -0.2) is 4.57 Å². The van der Waals surface area contributed by atoms with Gasteiger partial charge in [0, 0.05) is 23.5 Å². The van der Waals surface area contributed by atoms with Crippen molar-refractivity contribution in [3.63, 3.8) is 0 Å². The molecule has 4 atom stereocenters. The van der Waals surface area contributed by atoms with Crippen LogP contribution >= 0.6 is 29.4 Å². The average molecular weight is 520 g/mol. The molecule has 2 aliphatic heterocycles. The van der Waals surface area contributed by atoms with Gasteiger partial charge >= 0.3 is 13.8 Å². The van der Waals surface area contributed by atoms with Crippen molar-refractivity contribution in [3.05, 3.63) is 35.9 Å². The Labute approximate surface area is 202 Å². The van der Waals surface area contributed by atoms with E-state index in [4.69, 9.17) is 18.3 Å². The molecule has 2 saturated heterocycles. The average Bonchev–Trinajstić information content (AvgIpc) is 2.81. The van der Waals surface area contributed by atoms with Crippen molar-refractivity contribution in [1.29, 1.82) is 0 Å². The molecule has 1 N–H and O–H groups in total. The minimum atomic E-state index is -4.02. The first kappa shape index (κ1) is 26.5. The number of hydrogen-bond acceptors (Lipinski definition) is 10. The highest BCUT2D eigenvalue weighted by molar-refractivity contribution is 8.76. The highest BCUT2D eigenvalue weighted by atomic mass is 33.1. The maximum atomic E-state index is 13.4. The van der Waals surface area contributed by atoms with Crippen LogP contribution in [0.25, 0.3) is 0 Å². The Morgan fingerprint density at radius 2 is 1.88 bits per heavy atom. The minimum absolute atomic E-state index is 0.0174. The van der Waals surface area contributed by atoms with Gasteiger partial charge in [-0.2, -0.15) is 0 Å². The number of amides is 1. The maximum Gasteiger partial charge on any atom is 0.475 e. The van der Waals surface area contributed by atoms with Gasteiger partial charge in [0.25, 0.3) is 0 Å². The summed E-state index contributed by atoms with van der Waals surface area (Å²) in [7, 11) is 0.517. The van der Waals surface area contributed by atoms with Crippen LogP contribution in [0.3, 0.4) is 0 Å². The van der Waals surface area contributed by atoms with Crippen LogP contribution in [-0.4, -0.2) is 62.0 Å². The van der Waals surface area contributed by atoms with Crippen molar-refractivity contribution in [2.24, 2.45) is 5.41 Å². The molecular weight excluding hydrogens is 489 g/mol. The molecule has 0 aliphatic carbocycles. The van der Waals surface area contributed by atoms with Crippen molar-refractivity contribution >= 4 is 41.3 Å². The number of hydrogen-bond donors (Lipinski definition) is 1. The molecule has 12 heteroatoms. The van der Waals surface area contributed by atoms with E-state index in [1.807, 2.05) is 30.3 Å². The summed E-state index contributed by atoms with van der Waals surface area (Å²) in [5.74, 6) is 0.276. The largest absolute Gasteiger partial charge is 0.475 e. The van der Waals surface area contributed by atoms with Crippen molar-refractivity contribution in [2.45, 2.75) is 45.2 Å². The zero-order valence-corrected chi connectivity index (χ0v) is 21.4. The third kappa shape index (κ3) is 7.71. The number of rotatable bonds is 9. The van der Waals surface area contributed by atoms with Crippen LogP contribution in [0.15, 0.2) is 30.3 Å². The number of phosphoric acid groups is 1. The Balaban J connectivity index is 1.61. The van der Waals surface area contributed by atoms with E-state index in [-0.39, 0.29) is 25.7 Å². The van der Waals surface area contributed by atoms with Crippen LogP contribution in [0.4, 0.5) is 0 Å². The summed E-state index contributed by atoms with van der Waals surface area (Å²) in [6, 6.07) is 9.77. The third-order valence-electron chi connectivity index (χ3n) is 5.17. The SMILES string of the molecule is COC(=O)CCNC(=O)[C@@H]1O[P@@](=O)(O[C@@H]2CSSC[C@H]2OCc2ccccc2)OCC1(C)C. The molecule has 184 valence electrons. The van der Waals surface area contributed by atoms with Gasteiger partial charge in [0.05, 0.1) is 32.8 Å². The lowest BCUT2D eigenvalue weighted by Crippen LogP contribution is -2.50. The number of methoxy groups -OCH3 is 1. The van der Waals surface area contributed by atoms with Gasteiger partial charge in [-0.15, -0.1) is 0 Å². The van der Waals surface area contributed by atoms with Gasteiger partial charge in [-0.1, -0.05) is 65.8 Å². The number of esters is 1. The molecule has 9 nitrogen and oxygen atoms in total. The fourth-order valence-corrected chi connectivity index (χ4v) is 7.59. The summed E-state index contributed by atoms with van der Waals surface area (Å²) in [5.41, 5.74) is 0.286. The molecule has 1 aromatic carbocycles. The molecule has 0 bridgehead atoms. The summed E-state index contributed by atoms with van der Waals surface area (Å²) in [6.07, 6.45) is -1.87. The Kier molecular flexibility index (Phi) is 9.70. The van der Waals surface area contributed by atoms with Gasteiger partial charge in [-0.3, -0.25) is 23.2 Å². The van der Waals surface area contributed by atoms with Crippen LogP contribution < -0.4 is 5.32 Å².